The number of methoxy groups -OCH3 is 1. The second-order valence-electron chi connectivity index (χ2n) is 11.3. The zero-order valence-corrected chi connectivity index (χ0v) is 23.2. The molecule has 0 spiro atoms. The average molecular weight is 564 g/mol. The molecule has 11 nitrogen and oxygen atoms in total. The highest BCUT2D eigenvalue weighted by atomic mass is 16.7. The highest BCUT2D eigenvalue weighted by Gasteiger charge is 2.64. The van der Waals surface area contributed by atoms with E-state index in [9.17, 15) is 34.8 Å². The predicted molar refractivity (Wildman–Crippen MR) is 144 cm³/mol. The van der Waals surface area contributed by atoms with Crippen LogP contribution in [0.3, 0.4) is 0 Å². The number of carbonyl (C=O) groups excluding carboxylic acids is 3. The molecule has 4 N–H and O–H groups in total. The Hall–Kier alpha value is -4.03. The number of esters is 1. The lowest BCUT2D eigenvalue weighted by Crippen LogP contribution is -2.73. The quantitative estimate of drug-likeness (QED) is 0.264. The third kappa shape index (κ3) is 3.31. The number of aryl methyl sites for hydroxylation is 1. The Kier molecular flexibility index (Phi) is 5.62. The van der Waals surface area contributed by atoms with Crippen molar-refractivity contribution in [2.45, 2.75) is 50.4 Å². The van der Waals surface area contributed by atoms with E-state index in [0.29, 0.717) is 5.56 Å². The molecule has 3 aromatic carbocycles. The molecule has 214 valence electrons. The summed E-state index contributed by atoms with van der Waals surface area (Å²) in [4.78, 5) is 42.4. The van der Waals surface area contributed by atoms with E-state index >= 15 is 0 Å². The van der Waals surface area contributed by atoms with Crippen molar-refractivity contribution >= 4 is 28.3 Å². The first-order chi connectivity index (χ1) is 19.2. The fraction of sp³-hybridized carbons (Fsp3) is 0.367. The lowest BCUT2D eigenvalue weighted by molar-refractivity contribution is -0.363. The number of hydrogen-bond donors (Lipinski definition) is 4. The van der Waals surface area contributed by atoms with Crippen molar-refractivity contribution in [1.29, 1.82) is 0 Å². The number of hydrogen-bond acceptors (Lipinski definition) is 11. The number of ether oxygens (including phenoxy) is 3. The third-order valence-corrected chi connectivity index (χ3v) is 8.68. The van der Waals surface area contributed by atoms with E-state index in [4.69, 9.17) is 14.2 Å². The molecule has 2 bridgehead atoms. The van der Waals surface area contributed by atoms with E-state index in [1.807, 2.05) is 0 Å². The number of aliphatic hydroxyl groups is 2. The van der Waals surface area contributed by atoms with Crippen molar-refractivity contribution in [1.82, 2.24) is 4.90 Å². The van der Waals surface area contributed by atoms with Crippen molar-refractivity contribution in [2.75, 3.05) is 21.2 Å². The molecule has 0 radical (unpaired) electrons. The highest BCUT2D eigenvalue weighted by Crippen LogP contribution is 2.56. The first kappa shape index (κ1) is 27.2. The SMILES string of the molecule is COC(=O)c1c(C)ccc2c(O)c3c(cc12)C(=O)c1c2c(cc(O)c1C3=O)[C@]1(C)O[C@](C)(O2)[C@@H](O)[C@@H](N(C)C)[C@@H]1O. The van der Waals surface area contributed by atoms with Crippen LogP contribution < -0.4 is 4.74 Å². The molecule has 1 aliphatic carbocycles. The zero-order valence-electron chi connectivity index (χ0n) is 23.2. The molecule has 2 aliphatic heterocycles. The molecule has 5 atom stereocenters. The second-order valence-corrected chi connectivity index (χ2v) is 11.3. The summed E-state index contributed by atoms with van der Waals surface area (Å²) in [6, 6.07) is 4.82. The number of fused-ring (bicyclic) bond motifs is 8. The topological polar surface area (TPSA) is 163 Å². The smallest absolute Gasteiger partial charge is 0.338 e. The molecular weight excluding hydrogens is 534 g/mol. The van der Waals surface area contributed by atoms with Gasteiger partial charge in [0.05, 0.1) is 35.4 Å². The summed E-state index contributed by atoms with van der Waals surface area (Å²) in [6.07, 6.45) is -2.71. The Bertz CT molecular complexity index is 1730. The van der Waals surface area contributed by atoms with Gasteiger partial charge in [-0.25, -0.2) is 4.79 Å². The first-order valence-electron chi connectivity index (χ1n) is 13.0. The van der Waals surface area contributed by atoms with E-state index in [-0.39, 0.29) is 44.3 Å². The minimum absolute atomic E-state index is 0.109. The number of phenolic OH excluding ortho intramolecular Hbond substituents is 2. The fourth-order valence-electron chi connectivity index (χ4n) is 6.59. The van der Waals surface area contributed by atoms with Crippen molar-refractivity contribution in [3.05, 3.63) is 63.2 Å². The van der Waals surface area contributed by atoms with Gasteiger partial charge in [-0.15, -0.1) is 0 Å². The van der Waals surface area contributed by atoms with Gasteiger partial charge >= 0.3 is 5.97 Å². The van der Waals surface area contributed by atoms with Crippen molar-refractivity contribution in [3.8, 4) is 17.2 Å². The monoisotopic (exact) mass is 563 g/mol. The van der Waals surface area contributed by atoms with Crippen molar-refractivity contribution in [2.24, 2.45) is 0 Å². The molecule has 41 heavy (non-hydrogen) atoms. The van der Waals surface area contributed by atoms with Gasteiger partial charge in [-0.2, -0.15) is 0 Å². The van der Waals surface area contributed by atoms with E-state index in [2.05, 4.69) is 0 Å². The average Bonchev–Trinajstić information content (AvgIpc) is 2.90. The Labute approximate surface area is 234 Å². The van der Waals surface area contributed by atoms with Gasteiger partial charge in [0.2, 0.25) is 11.6 Å². The van der Waals surface area contributed by atoms with E-state index in [1.165, 1.54) is 32.2 Å². The fourth-order valence-corrected chi connectivity index (χ4v) is 6.59. The number of benzene rings is 3. The van der Waals surface area contributed by atoms with Crippen LogP contribution in [0.25, 0.3) is 10.8 Å². The second kappa shape index (κ2) is 8.49. The number of phenols is 2. The van der Waals surface area contributed by atoms with Crippen LogP contribution in [0.1, 0.15) is 67.2 Å². The summed E-state index contributed by atoms with van der Waals surface area (Å²) in [5.74, 6) is -5.27. The molecule has 6 rings (SSSR count). The van der Waals surface area contributed by atoms with Gasteiger partial charge in [-0.1, -0.05) is 12.1 Å². The van der Waals surface area contributed by atoms with E-state index in [0.717, 1.165) is 0 Å². The van der Waals surface area contributed by atoms with Crippen LogP contribution in [0.2, 0.25) is 0 Å². The normalized spacial score (nSPS) is 28.2. The number of ketones is 2. The standard InChI is InChI=1S/C30H29NO10/c1-11-7-8-12-13(17(11)28(38)39-6)9-14-18(22(12)33)24(35)19-16(32)10-15-25(20(19)23(14)34)40-30(3)27(37)21(31(4)5)26(36)29(15,2)41-30/h7-10,21,26-27,32-33,36-37H,1-6H3/t21-,26-,27-,29-,30-/m0/s1. The van der Waals surface area contributed by atoms with Crippen LogP contribution in [0.4, 0.5) is 0 Å². The lowest BCUT2D eigenvalue weighted by Gasteiger charge is -2.58. The summed E-state index contributed by atoms with van der Waals surface area (Å²) < 4.78 is 17.2. The van der Waals surface area contributed by atoms with Gasteiger partial charge in [0, 0.05) is 28.8 Å². The summed E-state index contributed by atoms with van der Waals surface area (Å²) in [5, 5.41) is 45.3. The molecule has 0 amide bonds. The lowest BCUT2D eigenvalue weighted by atomic mass is 9.73. The maximum Gasteiger partial charge on any atom is 0.338 e. The highest BCUT2D eigenvalue weighted by molar-refractivity contribution is 6.33. The first-order valence-corrected chi connectivity index (χ1v) is 13.0. The van der Waals surface area contributed by atoms with Crippen LogP contribution in [0.15, 0.2) is 24.3 Å². The van der Waals surface area contributed by atoms with Crippen LogP contribution in [-0.4, -0.2) is 88.1 Å². The number of likely N-dealkylation sites (N-methyl/N-ethyl adjacent to an activating group) is 1. The molecular formula is C30H29NO10. The maximum absolute atomic E-state index is 14.2. The Morgan fingerprint density at radius 2 is 1.66 bits per heavy atom. The summed E-state index contributed by atoms with van der Waals surface area (Å²) >= 11 is 0. The molecule has 1 fully saturated rings. The van der Waals surface area contributed by atoms with E-state index < -0.39 is 64.2 Å². The minimum atomic E-state index is -1.75. The molecule has 0 saturated carbocycles. The molecule has 3 aromatic rings. The van der Waals surface area contributed by atoms with Crippen molar-refractivity contribution in [3.63, 3.8) is 0 Å². The minimum Gasteiger partial charge on any atom is -0.507 e. The summed E-state index contributed by atoms with van der Waals surface area (Å²) in [7, 11) is 4.56. The van der Waals surface area contributed by atoms with Crippen LogP contribution >= 0.6 is 0 Å². The van der Waals surface area contributed by atoms with E-state index in [1.54, 1.807) is 38.9 Å². The largest absolute Gasteiger partial charge is 0.507 e. The molecule has 0 unspecified atom stereocenters. The van der Waals surface area contributed by atoms with Gasteiger partial charge in [0.1, 0.15) is 35.1 Å². The van der Waals surface area contributed by atoms with Crippen LogP contribution in [0, 0.1) is 6.92 Å². The molecule has 2 heterocycles. The van der Waals surface area contributed by atoms with Gasteiger partial charge in [0.25, 0.3) is 0 Å². The summed E-state index contributed by atoms with van der Waals surface area (Å²) in [5.41, 5.74) is -2.04. The number of aromatic hydroxyl groups is 2. The Morgan fingerprint density at radius 3 is 2.29 bits per heavy atom. The molecule has 11 heteroatoms. The third-order valence-electron chi connectivity index (χ3n) is 8.68. The number of nitrogens with zero attached hydrogens (tertiary/aromatic N) is 1. The van der Waals surface area contributed by atoms with Gasteiger partial charge in [-0.05, 0) is 45.6 Å². The summed E-state index contributed by atoms with van der Waals surface area (Å²) in [6.45, 7) is 4.69. The zero-order chi connectivity index (χ0) is 29.9. The van der Waals surface area contributed by atoms with Gasteiger partial charge in [0.15, 0.2) is 5.78 Å². The number of rotatable bonds is 2. The van der Waals surface area contributed by atoms with Gasteiger partial charge < -0.3 is 39.5 Å². The predicted octanol–water partition coefficient (Wildman–Crippen LogP) is 2.13. The van der Waals surface area contributed by atoms with Crippen molar-refractivity contribution < 1.29 is 49.0 Å². The van der Waals surface area contributed by atoms with Gasteiger partial charge in [-0.3, -0.25) is 9.59 Å². The Balaban J connectivity index is 1.65. The Morgan fingerprint density at radius 1 is 0.976 bits per heavy atom. The molecule has 0 aromatic heterocycles. The number of aliphatic hydroxyl groups excluding tert-OH is 2. The van der Waals surface area contributed by atoms with Crippen LogP contribution in [-0.2, 0) is 15.1 Å². The maximum atomic E-state index is 14.2. The molecule has 3 aliphatic rings. The number of carbonyl (C=O) groups is 3. The van der Waals surface area contributed by atoms with Crippen LogP contribution in [0.5, 0.6) is 17.2 Å². The molecule has 1 saturated heterocycles.